The smallest absolute Gasteiger partial charge is 0.252 e. The SMILES string of the molecule is CC(C)CCCNC(=O)c1cncc(C#CCO)c1. The Hall–Kier alpha value is -1.86. The molecule has 2 N–H and O–H groups in total. The van der Waals surface area contributed by atoms with Crippen LogP contribution in [-0.2, 0) is 0 Å². The van der Waals surface area contributed by atoms with Crippen LogP contribution in [0.15, 0.2) is 18.5 Å². The molecule has 4 heteroatoms. The minimum atomic E-state index is -0.203. The van der Waals surface area contributed by atoms with Crippen LogP contribution >= 0.6 is 0 Å². The predicted molar refractivity (Wildman–Crippen MR) is 74.6 cm³/mol. The Morgan fingerprint density at radius 1 is 1.47 bits per heavy atom. The third kappa shape index (κ3) is 6.03. The first-order chi connectivity index (χ1) is 9.13. The van der Waals surface area contributed by atoms with Crippen LogP contribution in [0.25, 0.3) is 0 Å². The van der Waals surface area contributed by atoms with Crippen molar-refractivity contribution in [2.45, 2.75) is 26.7 Å². The van der Waals surface area contributed by atoms with Crippen LogP contribution in [0.4, 0.5) is 0 Å². The summed E-state index contributed by atoms with van der Waals surface area (Å²) in [6, 6.07) is 1.67. The van der Waals surface area contributed by atoms with Crippen molar-refractivity contribution in [1.29, 1.82) is 0 Å². The standard InChI is InChI=1S/C15H20N2O2/c1-12(2)5-3-7-17-15(19)14-9-13(6-4-8-18)10-16-11-14/h9-12,18H,3,5,7-8H2,1-2H3,(H,17,19). The lowest BCUT2D eigenvalue weighted by atomic mass is 10.1. The molecule has 1 rings (SSSR count). The molecule has 0 saturated carbocycles. The van der Waals surface area contributed by atoms with Gasteiger partial charge in [-0.05, 0) is 24.8 Å². The lowest BCUT2D eigenvalue weighted by Crippen LogP contribution is -2.24. The van der Waals surface area contributed by atoms with Gasteiger partial charge in [-0.25, -0.2) is 0 Å². The van der Waals surface area contributed by atoms with E-state index >= 15 is 0 Å². The van der Waals surface area contributed by atoms with Crippen molar-refractivity contribution in [3.05, 3.63) is 29.6 Å². The molecule has 0 saturated heterocycles. The number of carbonyl (C=O) groups is 1. The minimum absolute atomic E-state index is 0.135. The average molecular weight is 260 g/mol. The summed E-state index contributed by atoms with van der Waals surface area (Å²) in [5, 5.41) is 11.5. The number of nitrogens with one attached hydrogen (secondary N) is 1. The van der Waals surface area contributed by atoms with E-state index in [1.165, 1.54) is 6.20 Å². The summed E-state index contributed by atoms with van der Waals surface area (Å²) in [5.74, 6) is 5.77. The summed E-state index contributed by atoms with van der Waals surface area (Å²) in [6.07, 6.45) is 5.15. The fourth-order valence-electron chi connectivity index (χ4n) is 1.59. The maximum absolute atomic E-state index is 11.9. The van der Waals surface area contributed by atoms with Crippen molar-refractivity contribution in [3.8, 4) is 11.8 Å². The van der Waals surface area contributed by atoms with Gasteiger partial charge in [0.15, 0.2) is 0 Å². The van der Waals surface area contributed by atoms with Crippen LogP contribution in [-0.4, -0.2) is 29.1 Å². The summed E-state index contributed by atoms with van der Waals surface area (Å²) in [5.41, 5.74) is 1.12. The van der Waals surface area contributed by atoms with Gasteiger partial charge in [0.25, 0.3) is 5.91 Å². The minimum Gasteiger partial charge on any atom is -0.384 e. The first kappa shape index (κ1) is 15.2. The summed E-state index contributed by atoms with van der Waals surface area (Å²) in [4.78, 5) is 15.8. The largest absolute Gasteiger partial charge is 0.384 e. The zero-order chi connectivity index (χ0) is 14.1. The number of aliphatic hydroxyl groups excluding tert-OH is 1. The van der Waals surface area contributed by atoms with Gasteiger partial charge in [-0.15, -0.1) is 0 Å². The summed E-state index contributed by atoms with van der Waals surface area (Å²) < 4.78 is 0. The first-order valence-electron chi connectivity index (χ1n) is 6.46. The molecular formula is C15H20N2O2. The number of pyridine rings is 1. The molecule has 0 fully saturated rings. The number of aliphatic hydroxyl groups is 1. The number of amides is 1. The van der Waals surface area contributed by atoms with Gasteiger partial charge in [0.05, 0.1) is 5.56 Å². The molecule has 0 unspecified atom stereocenters. The zero-order valence-corrected chi connectivity index (χ0v) is 11.4. The third-order valence-electron chi connectivity index (χ3n) is 2.56. The van der Waals surface area contributed by atoms with Crippen molar-refractivity contribution in [1.82, 2.24) is 10.3 Å². The van der Waals surface area contributed by atoms with Crippen LogP contribution < -0.4 is 5.32 Å². The lowest BCUT2D eigenvalue weighted by molar-refractivity contribution is 0.0952. The average Bonchev–Trinajstić information content (AvgIpc) is 2.41. The highest BCUT2D eigenvalue weighted by Crippen LogP contribution is 2.04. The molecule has 0 aliphatic carbocycles. The number of nitrogens with zero attached hydrogens (tertiary/aromatic N) is 1. The maximum atomic E-state index is 11.9. The molecule has 102 valence electrons. The normalized spacial score (nSPS) is 9.89. The lowest BCUT2D eigenvalue weighted by Gasteiger charge is -2.06. The highest BCUT2D eigenvalue weighted by molar-refractivity contribution is 5.94. The third-order valence-corrected chi connectivity index (χ3v) is 2.56. The van der Waals surface area contributed by atoms with Crippen LogP contribution in [0, 0.1) is 17.8 Å². The summed E-state index contributed by atoms with van der Waals surface area (Å²) in [6.45, 7) is 4.79. The van der Waals surface area contributed by atoms with Crippen molar-refractivity contribution in [2.24, 2.45) is 5.92 Å². The molecule has 0 atom stereocenters. The monoisotopic (exact) mass is 260 g/mol. The van der Waals surface area contributed by atoms with Gasteiger partial charge < -0.3 is 10.4 Å². The molecule has 1 heterocycles. The molecule has 0 aliphatic rings. The molecule has 1 aromatic heterocycles. The van der Waals surface area contributed by atoms with E-state index in [1.54, 1.807) is 12.3 Å². The zero-order valence-electron chi connectivity index (χ0n) is 11.4. The Morgan fingerprint density at radius 2 is 2.26 bits per heavy atom. The Labute approximate surface area is 114 Å². The van der Waals surface area contributed by atoms with Gasteiger partial charge >= 0.3 is 0 Å². The molecule has 0 spiro atoms. The number of carbonyl (C=O) groups excluding carboxylic acids is 1. The first-order valence-corrected chi connectivity index (χ1v) is 6.46. The topological polar surface area (TPSA) is 62.2 Å². The predicted octanol–water partition coefficient (Wildman–Crippen LogP) is 1.59. The number of rotatable bonds is 5. The van der Waals surface area contributed by atoms with Gasteiger partial charge in [0.1, 0.15) is 6.61 Å². The van der Waals surface area contributed by atoms with E-state index in [9.17, 15) is 4.79 Å². The highest BCUT2D eigenvalue weighted by Gasteiger charge is 2.05. The Kier molecular flexibility index (Phi) is 6.62. The second kappa shape index (κ2) is 8.28. The van der Waals surface area contributed by atoms with E-state index in [-0.39, 0.29) is 12.5 Å². The van der Waals surface area contributed by atoms with Crippen molar-refractivity contribution in [2.75, 3.05) is 13.2 Å². The Morgan fingerprint density at radius 3 is 2.95 bits per heavy atom. The molecule has 19 heavy (non-hydrogen) atoms. The van der Waals surface area contributed by atoms with Crippen molar-refractivity contribution >= 4 is 5.91 Å². The molecule has 0 bridgehead atoms. The van der Waals surface area contributed by atoms with Gasteiger partial charge in [-0.1, -0.05) is 25.7 Å². The number of hydrogen-bond donors (Lipinski definition) is 2. The second-order valence-corrected chi connectivity index (χ2v) is 4.71. The molecule has 4 nitrogen and oxygen atoms in total. The molecule has 0 aromatic carbocycles. The number of aromatic nitrogens is 1. The summed E-state index contributed by atoms with van der Waals surface area (Å²) in [7, 11) is 0. The van der Waals surface area contributed by atoms with Crippen molar-refractivity contribution in [3.63, 3.8) is 0 Å². The van der Waals surface area contributed by atoms with E-state index in [4.69, 9.17) is 5.11 Å². The van der Waals surface area contributed by atoms with E-state index < -0.39 is 0 Å². The summed E-state index contributed by atoms with van der Waals surface area (Å²) >= 11 is 0. The quantitative estimate of drug-likeness (QED) is 0.624. The maximum Gasteiger partial charge on any atom is 0.252 e. The van der Waals surface area contributed by atoms with Crippen LogP contribution in [0.5, 0.6) is 0 Å². The van der Waals surface area contributed by atoms with Crippen molar-refractivity contribution < 1.29 is 9.90 Å². The van der Waals surface area contributed by atoms with E-state index in [0.717, 1.165) is 12.8 Å². The highest BCUT2D eigenvalue weighted by atomic mass is 16.2. The Bertz CT molecular complexity index is 473. The second-order valence-electron chi connectivity index (χ2n) is 4.71. The molecule has 1 amide bonds. The molecule has 1 aromatic rings. The molecule has 0 radical (unpaired) electrons. The molecular weight excluding hydrogens is 240 g/mol. The van der Waals surface area contributed by atoms with Gasteiger partial charge in [0, 0.05) is 24.5 Å². The van der Waals surface area contributed by atoms with Gasteiger partial charge in [-0.3, -0.25) is 9.78 Å². The Balaban J connectivity index is 2.52. The van der Waals surface area contributed by atoms with E-state index in [1.807, 2.05) is 0 Å². The van der Waals surface area contributed by atoms with Crippen LogP contribution in [0.3, 0.4) is 0 Å². The fraction of sp³-hybridized carbons (Fsp3) is 0.467. The van der Waals surface area contributed by atoms with E-state index in [0.29, 0.717) is 23.6 Å². The van der Waals surface area contributed by atoms with Crippen LogP contribution in [0.1, 0.15) is 42.6 Å². The van der Waals surface area contributed by atoms with Crippen LogP contribution in [0.2, 0.25) is 0 Å². The van der Waals surface area contributed by atoms with Gasteiger partial charge in [0.2, 0.25) is 0 Å². The van der Waals surface area contributed by atoms with E-state index in [2.05, 4.69) is 36.0 Å². The molecule has 0 aliphatic heterocycles. The number of hydrogen-bond acceptors (Lipinski definition) is 3. The fourth-order valence-corrected chi connectivity index (χ4v) is 1.59. The van der Waals surface area contributed by atoms with Gasteiger partial charge in [-0.2, -0.15) is 0 Å².